The SMILES string of the molecule is CCOc1cccc(C(C[C@H](C)N(C)C)(C(=O)CC)c2cccc(OCC)c2)c1. The third-order valence-corrected chi connectivity index (χ3v) is 5.56. The lowest BCUT2D eigenvalue weighted by atomic mass is 9.66. The predicted octanol–water partition coefficient (Wildman–Crippen LogP) is 5.09. The normalized spacial score (nSPS) is 12.7. The maximum Gasteiger partial charge on any atom is 0.147 e. The fraction of sp³-hybridized carbons (Fsp3) is 0.480. The van der Waals surface area contributed by atoms with Gasteiger partial charge in [-0.15, -0.1) is 0 Å². The van der Waals surface area contributed by atoms with Crippen molar-refractivity contribution in [1.29, 1.82) is 0 Å². The molecule has 0 amide bonds. The number of hydrogen-bond donors (Lipinski definition) is 0. The molecule has 0 radical (unpaired) electrons. The van der Waals surface area contributed by atoms with Gasteiger partial charge in [0.2, 0.25) is 0 Å². The van der Waals surface area contributed by atoms with E-state index in [9.17, 15) is 4.79 Å². The molecule has 2 rings (SSSR count). The van der Waals surface area contributed by atoms with Crippen LogP contribution in [0, 0.1) is 0 Å². The van der Waals surface area contributed by atoms with Crippen LogP contribution >= 0.6 is 0 Å². The molecule has 0 aliphatic heterocycles. The zero-order valence-corrected chi connectivity index (χ0v) is 18.7. The topological polar surface area (TPSA) is 38.8 Å². The number of ether oxygens (including phenoxy) is 2. The van der Waals surface area contributed by atoms with E-state index in [1.165, 1.54) is 0 Å². The van der Waals surface area contributed by atoms with Crippen molar-refractivity contribution in [3.63, 3.8) is 0 Å². The van der Waals surface area contributed by atoms with Crippen LogP contribution in [-0.4, -0.2) is 44.0 Å². The highest BCUT2D eigenvalue weighted by atomic mass is 16.5. The average molecular weight is 398 g/mol. The van der Waals surface area contributed by atoms with Gasteiger partial charge in [-0.05, 0) is 76.7 Å². The first-order valence-electron chi connectivity index (χ1n) is 10.5. The van der Waals surface area contributed by atoms with Gasteiger partial charge in [-0.2, -0.15) is 0 Å². The van der Waals surface area contributed by atoms with Crippen LogP contribution in [-0.2, 0) is 10.2 Å². The predicted molar refractivity (Wildman–Crippen MR) is 119 cm³/mol. The minimum absolute atomic E-state index is 0.202. The highest BCUT2D eigenvalue weighted by molar-refractivity contribution is 5.94. The summed E-state index contributed by atoms with van der Waals surface area (Å²) < 4.78 is 11.5. The van der Waals surface area contributed by atoms with Crippen LogP contribution < -0.4 is 9.47 Å². The van der Waals surface area contributed by atoms with E-state index in [4.69, 9.17) is 9.47 Å². The van der Waals surface area contributed by atoms with Crippen molar-refractivity contribution in [2.45, 2.75) is 52.0 Å². The summed E-state index contributed by atoms with van der Waals surface area (Å²) in [5, 5.41) is 0. The molecular formula is C25H35NO3. The standard InChI is InChI=1S/C25H35NO3/c1-7-24(27)25(18-19(4)26(5)6,20-12-10-14-22(16-20)28-8-2)21-13-11-15-23(17-21)29-9-3/h10-17,19H,7-9,18H2,1-6H3/t19-/m0/s1. The Labute approximate surface area is 175 Å². The molecule has 0 fully saturated rings. The Hall–Kier alpha value is -2.33. The van der Waals surface area contributed by atoms with Crippen molar-refractivity contribution in [3.05, 3.63) is 59.7 Å². The Morgan fingerprint density at radius 3 is 1.79 bits per heavy atom. The number of hydrogen-bond acceptors (Lipinski definition) is 4. The second kappa shape index (κ2) is 10.4. The average Bonchev–Trinajstić information content (AvgIpc) is 2.72. The molecule has 0 aliphatic rings. The minimum Gasteiger partial charge on any atom is -0.494 e. The number of benzene rings is 2. The van der Waals surface area contributed by atoms with Crippen molar-refractivity contribution >= 4 is 5.78 Å². The van der Waals surface area contributed by atoms with Crippen molar-refractivity contribution in [1.82, 2.24) is 4.90 Å². The van der Waals surface area contributed by atoms with Crippen LogP contribution in [0.5, 0.6) is 11.5 Å². The summed E-state index contributed by atoms with van der Waals surface area (Å²) in [6.45, 7) is 9.22. The molecule has 4 heteroatoms. The van der Waals surface area contributed by atoms with Crippen molar-refractivity contribution in [2.75, 3.05) is 27.3 Å². The molecule has 0 N–H and O–H groups in total. The summed E-state index contributed by atoms with van der Waals surface area (Å²) in [4.78, 5) is 15.8. The zero-order chi connectivity index (χ0) is 21.4. The van der Waals surface area contributed by atoms with E-state index in [1.807, 2.05) is 69.3 Å². The van der Waals surface area contributed by atoms with Gasteiger partial charge in [0.05, 0.1) is 18.6 Å². The molecule has 1 atom stereocenters. The summed E-state index contributed by atoms with van der Waals surface area (Å²) >= 11 is 0. The number of rotatable bonds is 11. The monoisotopic (exact) mass is 397 g/mol. The summed E-state index contributed by atoms with van der Waals surface area (Å²) in [6.07, 6.45) is 1.13. The van der Waals surface area contributed by atoms with E-state index in [0.717, 1.165) is 22.6 Å². The number of carbonyl (C=O) groups excluding carboxylic acids is 1. The van der Waals surface area contributed by atoms with Crippen molar-refractivity contribution < 1.29 is 14.3 Å². The largest absolute Gasteiger partial charge is 0.494 e. The highest BCUT2D eigenvalue weighted by Gasteiger charge is 2.42. The van der Waals surface area contributed by atoms with Crippen LogP contribution in [0.2, 0.25) is 0 Å². The van der Waals surface area contributed by atoms with E-state index in [2.05, 4.69) is 25.9 Å². The molecule has 0 unspecified atom stereocenters. The first-order chi connectivity index (χ1) is 13.9. The van der Waals surface area contributed by atoms with Gasteiger partial charge in [-0.1, -0.05) is 31.2 Å². The third-order valence-electron chi connectivity index (χ3n) is 5.56. The molecule has 158 valence electrons. The Morgan fingerprint density at radius 1 is 0.931 bits per heavy atom. The minimum atomic E-state index is -0.765. The molecule has 29 heavy (non-hydrogen) atoms. The van der Waals surface area contributed by atoms with Gasteiger partial charge < -0.3 is 14.4 Å². The van der Waals surface area contributed by atoms with Gasteiger partial charge >= 0.3 is 0 Å². The third kappa shape index (κ3) is 5.18. The van der Waals surface area contributed by atoms with E-state index in [1.54, 1.807) is 0 Å². The maximum absolute atomic E-state index is 13.6. The molecule has 0 heterocycles. The molecule has 0 saturated carbocycles. The van der Waals surface area contributed by atoms with E-state index in [0.29, 0.717) is 26.1 Å². The zero-order valence-electron chi connectivity index (χ0n) is 18.7. The molecular weight excluding hydrogens is 362 g/mol. The van der Waals surface area contributed by atoms with Gasteiger partial charge in [0.15, 0.2) is 0 Å². The first kappa shape index (κ1) is 23.0. The Morgan fingerprint density at radius 2 is 1.41 bits per heavy atom. The van der Waals surface area contributed by atoms with E-state index < -0.39 is 5.41 Å². The molecule has 0 saturated heterocycles. The molecule has 0 bridgehead atoms. The highest BCUT2D eigenvalue weighted by Crippen LogP contribution is 2.41. The van der Waals surface area contributed by atoms with E-state index >= 15 is 0 Å². The van der Waals surface area contributed by atoms with Gasteiger partial charge in [-0.25, -0.2) is 0 Å². The molecule has 4 nitrogen and oxygen atoms in total. The Kier molecular flexibility index (Phi) is 8.27. The Balaban J connectivity index is 2.74. The summed E-state index contributed by atoms with van der Waals surface area (Å²) in [5.41, 5.74) is 1.17. The lowest BCUT2D eigenvalue weighted by Gasteiger charge is -2.38. The quantitative estimate of drug-likeness (QED) is 0.529. The first-order valence-corrected chi connectivity index (χ1v) is 10.5. The van der Waals surface area contributed by atoms with E-state index in [-0.39, 0.29) is 11.8 Å². The maximum atomic E-state index is 13.6. The van der Waals surface area contributed by atoms with Gasteiger partial charge in [0.1, 0.15) is 17.3 Å². The second-order valence-electron chi connectivity index (χ2n) is 7.62. The smallest absolute Gasteiger partial charge is 0.147 e. The number of Topliss-reactive ketones (excluding diaryl/α,β-unsaturated/α-hetero) is 1. The summed E-state index contributed by atoms with van der Waals surface area (Å²) in [5.74, 6) is 1.78. The number of nitrogens with zero attached hydrogens (tertiary/aromatic N) is 1. The molecule has 0 aromatic heterocycles. The molecule has 2 aromatic rings. The van der Waals surface area contributed by atoms with Gasteiger partial charge in [0.25, 0.3) is 0 Å². The second-order valence-corrected chi connectivity index (χ2v) is 7.62. The van der Waals surface area contributed by atoms with Crippen LogP contribution in [0.1, 0.15) is 51.7 Å². The summed E-state index contributed by atoms with van der Waals surface area (Å²) in [7, 11) is 4.11. The van der Waals surface area contributed by atoms with Gasteiger partial charge in [0, 0.05) is 12.5 Å². The van der Waals surface area contributed by atoms with Crippen molar-refractivity contribution in [2.24, 2.45) is 0 Å². The molecule has 0 aliphatic carbocycles. The van der Waals surface area contributed by atoms with Crippen LogP contribution in [0.3, 0.4) is 0 Å². The van der Waals surface area contributed by atoms with Crippen molar-refractivity contribution in [3.8, 4) is 11.5 Å². The molecule has 2 aromatic carbocycles. The van der Waals surface area contributed by atoms with Crippen LogP contribution in [0.25, 0.3) is 0 Å². The Bertz CT molecular complexity index is 751. The lowest BCUT2D eigenvalue weighted by Crippen LogP contribution is -2.43. The van der Waals surface area contributed by atoms with Crippen LogP contribution in [0.15, 0.2) is 48.5 Å². The van der Waals surface area contributed by atoms with Crippen LogP contribution in [0.4, 0.5) is 0 Å². The number of ketones is 1. The summed E-state index contributed by atoms with van der Waals surface area (Å²) in [6, 6.07) is 16.2. The fourth-order valence-corrected chi connectivity index (χ4v) is 3.80. The fourth-order valence-electron chi connectivity index (χ4n) is 3.80. The lowest BCUT2D eigenvalue weighted by molar-refractivity contribution is -0.123. The number of carbonyl (C=O) groups is 1. The van der Waals surface area contributed by atoms with Gasteiger partial charge in [-0.3, -0.25) is 4.79 Å². The molecule has 0 spiro atoms.